The fourth-order valence-corrected chi connectivity index (χ4v) is 0.464. The minimum Gasteiger partial charge on any atom is -0.613 e. The summed E-state index contributed by atoms with van der Waals surface area (Å²) in [5, 5.41) is 10.5. The average molecular weight is 198 g/mol. The van der Waals surface area contributed by atoms with E-state index in [2.05, 4.69) is 9.47 Å². The second-order valence-electron chi connectivity index (χ2n) is 1.65. The molecule has 0 heterocycles. The van der Waals surface area contributed by atoms with E-state index in [0.717, 1.165) is 6.08 Å². The Kier molecular flexibility index (Phi) is 11.9. The molecule has 64 valence electrons. The van der Waals surface area contributed by atoms with Crippen molar-refractivity contribution < 1.29 is 70.8 Å². The summed E-state index contributed by atoms with van der Waals surface area (Å²) in [4.78, 5) is 10.5. The third-order valence-corrected chi connectivity index (χ3v) is 0.809. The monoisotopic (exact) mass is 198 g/mol. The Balaban J connectivity index is 0. The van der Waals surface area contributed by atoms with Crippen molar-refractivity contribution in [3.05, 3.63) is 12.0 Å². The van der Waals surface area contributed by atoms with Crippen LogP contribution in [0.1, 0.15) is 13.8 Å². The first kappa shape index (κ1) is 14.9. The zero-order chi connectivity index (χ0) is 8.69. The van der Waals surface area contributed by atoms with Gasteiger partial charge in [-0.1, -0.05) is 6.92 Å². The molecule has 0 fully saturated rings. The van der Waals surface area contributed by atoms with E-state index in [9.17, 15) is 9.90 Å². The summed E-state index contributed by atoms with van der Waals surface area (Å²) in [6.07, 6.45) is 0.785. The quantitative estimate of drug-likeness (QED) is 0.206. The second-order valence-corrected chi connectivity index (χ2v) is 1.65. The molecule has 0 spiro atoms. The Morgan fingerprint density at radius 2 is 1.83 bits per heavy atom. The van der Waals surface area contributed by atoms with Crippen LogP contribution in [-0.4, -0.2) is 19.2 Å². The van der Waals surface area contributed by atoms with E-state index >= 15 is 0 Å². The first-order valence-corrected chi connectivity index (χ1v) is 3.39. The van der Waals surface area contributed by atoms with Gasteiger partial charge in [0.25, 0.3) is 0 Å². The predicted molar refractivity (Wildman–Crippen MR) is 36.3 cm³/mol. The molecule has 4 nitrogen and oxygen atoms in total. The largest absolute Gasteiger partial charge is 1.00 e. The average Bonchev–Trinajstić information content (AvgIpc) is 1.87. The topological polar surface area (TPSA) is 58.6 Å². The van der Waals surface area contributed by atoms with Gasteiger partial charge in [0.2, 0.25) is 0 Å². The van der Waals surface area contributed by atoms with E-state index in [1.807, 2.05) is 0 Å². The van der Waals surface area contributed by atoms with E-state index in [0.29, 0.717) is 0 Å². The minimum atomic E-state index is -0.661. The summed E-state index contributed by atoms with van der Waals surface area (Å²) in [7, 11) is 0. The van der Waals surface area contributed by atoms with Crippen molar-refractivity contribution in [2.75, 3.05) is 13.2 Å². The van der Waals surface area contributed by atoms with Gasteiger partial charge in [0.1, 0.15) is 0 Å². The van der Waals surface area contributed by atoms with Gasteiger partial charge in [0, 0.05) is 6.08 Å². The molecule has 0 N–H and O–H groups in total. The summed E-state index contributed by atoms with van der Waals surface area (Å²) in [6, 6.07) is 0. The van der Waals surface area contributed by atoms with Crippen molar-refractivity contribution in [3.8, 4) is 0 Å². The van der Waals surface area contributed by atoms with Gasteiger partial charge in [-0.05, 0) is 13.5 Å². The summed E-state index contributed by atoms with van der Waals surface area (Å²) >= 11 is 0. The van der Waals surface area contributed by atoms with Crippen LogP contribution < -0.4 is 56.5 Å². The minimum absolute atomic E-state index is 0. The van der Waals surface area contributed by atoms with Crippen LogP contribution >= 0.6 is 0 Å². The van der Waals surface area contributed by atoms with Gasteiger partial charge in [-0.2, -0.15) is 0 Å². The van der Waals surface area contributed by atoms with Crippen molar-refractivity contribution in [2.24, 2.45) is 0 Å². The van der Waals surface area contributed by atoms with Crippen molar-refractivity contribution >= 4 is 5.97 Å². The van der Waals surface area contributed by atoms with Gasteiger partial charge < -0.3 is 14.6 Å². The molecule has 0 aliphatic heterocycles. The van der Waals surface area contributed by atoms with Crippen LogP contribution in [0.3, 0.4) is 0 Å². The summed E-state index contributed by atoms with van der Waals surface area (Å²) in [5.41, 5.74) is 0. The molecule has 0 unspecified atom stereocenters. The Hall–Kier alpha value is 0.446. The Morgan fingerprint density at radius 1 is 1.33 bits per heavy atom. The Labute approximate surface area is 114 Å². The Bertz CT molecular complexity index is 155. The maximum atomic E-state index is 10.5. The van der Waals surface area contributed by atoms with Crippen molar-refractivity contribution in [2.45, 2.75) is 13.8 Å². The number of carbonyl (C=O) groups excluding carboxylic acids is 1. The first-order chi connectivity index (χ1) is 5.20. The van der Waals surface area contributed by atoms with Gasteiger partial charge in [0.05, 0.1) is 12.6 Å². The van der Waals surface area contributed by atoms with Crippen LogP contribution in [0.5, 0.6) is 0 Å². The standard InChI is InChI=1S/C7H12O4.K/c1-3-10-6(8)5-7(9)11-4-2;/h5,8H,3-4H2,1-2H3;/q;+1/p-1/b6-5-;. The van der Waals surface area contributed by atoms with Crippen LogP contribution in [0.15, 0.2) is 12.0 Å². The van der Waals surface area contributed by atoms with Crippen LogP contribution in [0, 0.1) is 0 Å². The summed E-state index contributed by atoms with van der Waals surface area (Å²) in [5.74, 6) is -1.32. The van der Waals surface area contributed by atoms with Crippen LogP contribution in [0.25, 0.3) is 0 Å². The van der Waals surface area contributed by atoms with E-state index < -0.39 is 11.9 Å². The van der Waals surface area contributed by atoms with Crippen molar-refractivity contribution in [1.82, 2.24) is 0 Å². The third kappa shape index (κ3) is 8.54. The normalized spacial score (nSPS) is 10.0. The molecule has 0 saturated heterocycles. The molecule has 0 amide bonds. The first-order valence-electron chi connectivity index (χ1n) is 3.39. The van der Waals surface area contributed by atoms with Crippen molar-refractivity contribution in [1.29, 1.82) is 0 Å². The van der Waals surface area contributed by atoms with Gasteiger partial charge in [-0.3, -0.25) is 0 Å². The Morgan fingerprint density at radius 3 is 2.25 bits per heavy atom. The van der Waals surface area contributed by atoms with Gasteiger partial charge in [-0.15, -0.1) is 0 Å². The van der Waals surface area contributed by atoms with Crippen molar-refractivity contribution in [3.63, 3.8) is 0 Å². The molecule has 5 heteroatoms. The van der Waals surface area contributed by atoms with Crippen LogP contribution in [0.2, 0.25) is 0 Å². The van der Waals surface area contributed by atoms with Crippen LogP contribution in [-0.2, 0) is 14.3 Å². The fourth-order valence-electron chi connectivity index (χ4n) is 0.464. The summed E-state index contributed by atoms with van der Waals surface area (Å²) in [6.45, 7) is 3.84. The molecule has 0 bridgehead atoms. The number of ether oxygens (including phenoxy) is 2. The van der Waals surface area contributed by atoms with Crippen LogP contribution in [0.4, 0.5) is 0 Å². The molecular formula is C7H11KO4. The molecule has 0 atom stereocenters. The predicted octanol–water partition coefficient (Wildman–Crippen LogP) is -3.21. The zero-order valence-corrected chi connectivity index (χ0v) is 10.7. The number of esters is 1. The molecule has 0 radical (unpaired) electrons. The smallest absolute Gasteiger partial charge is 0.613 e. The molecule has 0 aliphatic carbocycles. The molecule has 0 aromatic heterocycles. The number of carbonyl (C=O) groups is 1. The summed E-state index contributed by atoms with van der Waals surface area (Å²) < 4.78 is 8.93. The van der Waals surface area contributed by atoms with Gasteiger partial charge in [-0.25, -0.2) is 4.79 Å². The number of rotatable bonds is 4. The maximum absolute atomic E-state index is 10.5. The van der Waals surface area contributed by atoms with E-state index in [1.54, 1.807) is 13.8 Å². The van der Waals surface area contributed by atoms with E-state index in [4.69, 9.17) is 0 Å². The van der Waals surface area contributed by atoms with E-state index in [-0.39, 0.29) is 64.6 Å². The molecule has 0 aliphatic rings. The fraction of sp³-hybridized carbons (Fsp3) is 0.571. The van der Waals surface area contributed by atoms with Gasteiger partial charge in [0.15, 0.2) is 0 Å². The SMILES string of the molecule is CCOC(=O)/C=C(/[O-])OCC.[K+]. The molecule has 12 heavy (non-hydrogen) atoms. The number of hydrogen-bond acceptors (Lipinski definition) is 4. The second kappa shape index (κ2) is 9.53. The van der Waals surface area contributed by atoms with E-state index in [1.165, 1.54) is 0 Å². The third-order valence-electron chi connectivity index (χ3n) is 0.809. The van der Waals surface area contributed by atoms with Gasteiger partial charge >= 0.3 is 57.4 Å². The number of hydrogen-bond donors (Lipinski definition) is 0. The molecule has 0 aromatic rings. The maximum Gasteiger partial charge on any atom is 1.00 e. The molecular weight excluding hydrogens is 187 g/mol. The zero-order valence-electron chi connectivity index (χ0n) is 7.62. The molecule has 0 saturated carbocycles. The molecule has 0 rings (SSSR count). The molecule has 0 aromatic carbocycles.